The third-order valence-electron chi connectivity index (χ3n) is 4.44. The van der Waals surface area contributed by atoms with Gasteiger partial charge in [0.05, 0.1) is 6.26 Å². The van der Waals surface area contributed by atoms with Crippen molar-refractivity contribution in [2.24, 2.45) is 5.92 Å². The molecule has 0 amide bonds. The predicted molar refractivity (Wildman–Crippen MR) is 82.3 cm³/mol. The van der Waals surface area contributed by atoms with E-state index in [9.17, 15) is 8.42 Å². The van der Waals surface area contributed by atoms with Gasteiger partial charge in [-0.3, -0.25) is 0 Å². The van der Waals surface area contributed by atoms with E-state index in [1.54, 1.807) is 4.31 Å². The highest BCUT2D eigenvalue weighted by atomic mass is 32.2. The van der Waals surface area contributed by atoms with Gasteiger partial charge in [-0.2, -0.15) is 0 Å². The van der Waals surface area contributed by atoms with Gasteiger partial charge in [0.2, 0.25) is 10.0 Å². The standard InChI is InChI=1S/C14H29N3O2S/c1-13(11-16-7-3-4-8-16)15-10-14-6-5-9-17(12-14)20(2,18)19/h13-15H,3-12H2,1-2H3. The van der Waals surface area contributed by atoms with Crippen LogP contribution in [0.5, 0.6) is 0 Å². The van der Waals surface area contributed by atoms with Gasteiger partial charge in [0, 0.05) is 25.7 Å². The summed E-state index contributed by atoms with van der Waals surface area (Å²) in [6, 6.07) is 0.488. The number of piperidine rings is 1. The maximum Gasteiger partial charge on any atom is 0.211 e. The number of hydrogen-bond acceptors (Lipinski definition) is 4. The second-order valence-corrected chi connectivity index (χ2v) is 8.43. The van der Waals surface area contributed by atoms with Crippen LogP contribution >= 0.6 is 0 Å². The molecule has 2 aliphatic rings. The monoisotopic (exact) mass is 303 g/mol. The van der Waals surface area contributed by atoms with Crippen molar-refractivity contribution in [2.45, 2.75) is 38.6 Å². The van der Waals surface area contributed by atoms with Crippen molar-refractivity contribution in [1.82, 2.24) is 14.5 Å². The second kappa shape index (κ2) is 7.20. The first kappa shape index (κ1) is 16.2. The molecule has 0 spiro atoms. The van der Waals surface area contributed by atoms with Gasteiger partial charge in [0.25, 0.3) is 0 Å². The molecule has 2 atom stereocenters. The van der Waals surface area contributed by atoms with Gasteiger partial charge < -0.3 is 10.2 Å². The van der Waals surface area contributed by atoms with Crippen molar-refractivity contribution < 1.29 is 8.42 Å². The second-order valence-electron chi connectivity index (χ2n) is 6.45. The Morgan fingerprint density at radius 3 is 2.55 bits per heavy atom. The van der Waals surface area contributed by atoms with Crippen LogP contribution in [0.15, 0.2) is 0 Å². The molecule has 20 heavy (non-hydrogen) atoms. The zero-order chi connectivity index (χ0) is 14.6. The molecule has 5 nitrogen and oxygen atoms in total. The molecule has 2 saturated heterocycles. The number of nitrogens with one attached hydrogen (secondary N) is 1. The Labute approximate surface area is 123 Å². The van der Waals surface area contributed by atoms with E-state index >= 15 is 0 Å². The molecule has 2 aliphatic heterocycles. The van der Waals surface area contributed by atoms with Crippen LogP contribution in [-0.2, 0) is 10.0 Å². The molecular formula is C14H29N3O2S. The van der Waals surface area contributed by atoms with Gasteiger partial charge in [-0.05, 0) is 58.2 Å². The highest BCUT2D eigenvalue weighted by Crippen LogP contribution is 2.18. The van der Waals surface area contributed by atoms with Crippen LogP contribution in [0.4, 0.5) is 0 Å². The Balaban J connectivity index is 1.70. The van der Waals surface area contributed by atoms with Crippen LogP contribution in [0.25, 0.3) is 0 Å². The fourth-order valence-electron chi connectivity index (χ4n) is 3.28. The first-order valence-electron chi connectivity index (χ1n) is 7.86. The highest BCUT2D eigenvalue weighted by Gasteiger charge is 2.26. The molecule has 0 radical (unpaired) electrons. The Morgan fingerprint density at radius 2 is 1.90 bits per heavy atom. The topological polar surface area (TPSA) is 52.6 Å². The summed E-state index contributed by atoms with van der Waals surface area (Å²) in [5.41, 5.74) is 0. The zero-order valence-corrected chi connectivity index (χ0v) is 13.7. The molecule has 0 aromatic carbocycles. The summed E-state index contributed by atoms with van der Waals surface area (Å²) in [6.45, 7) is 8.12. The number of sulfonamides is 1. The normalized spacial score (nSPS) is 27.8. The van der Waals surface area contributed by atoms with E-state index in [4.69, 9.17) is 0 Å². The number of rotatable bonds is 6. The van der Waals surface area contributed by atoms with Gasteiger partial charge in [-0.15, -0.1) is 0 Å². The van der Waals surface area contributed by atoms with Crippen molar-refractivity contribution in [3.63, 3.8) is 0 Å². The molecule has 2 fully saturated rings. The van der Waals surface area contributed by atoms with E-state index in [0.717, 1.165) is 25.9 Å². The smallest absolute Gasteiger partial charge is 0.211 e. The minimum atomic E-state index is -3.02. The first-order chi connectivity index (χ1) is 9.45. The number of likely N-dealkylation sites (tertiary alicyclic amines) is 1. The molecule has 6 heteroatoms. The third kappa shape index (κ3) is 4.98. The van der Waals surface area contributed by atoms with Crippen molar-refractivity contribution in [3.8, 4) is 0 Å². The molecule has 0 bridgehead atoms. The van der Waals surface area contributed by atoms with Crippen LogP contribution in [0, 0.1) is 5.92 Å². The van der Waals surface area contributed by atoms with Gasteiger partial charge in [-0.1, -0.05) is 0 Å². The average molecular weight is 303 g/mol. The SMILES string of the molecule is CC(CN1CCCC1)NCC1CCCN(S(C)(=O)=O)C1. The van der Waals surface area contributed by atoms with E-state index in [0.29, 0.717) is 25.0 Å². The maximum atomic E-state index is 11.6. The van der Waals surface area contributed by atoms with Crippen LogP contribution in [0.2, 0.25) is 0 Å². The van der Waals surface area contributed by atoms with Crippen LogP contribution < -0.4 is 5.32 Å². The quantitative estimate of drug-likeness (QED) is 0.786. The molecule has 0 aromatic heterocycles. The lowest BCUT2D eigenvalue weighted by Crippen LogP contribution is -2.45. The molecule has 0 aromatic rings. The Bertz CT molecular complexity index is 393. The number of nitrogens with zero attached hydrogens (tertiary/aromatic N) is 2. The minimum absolute atomic E-state index is 0.458. The lowest BCUT2D eigenvalue weighted by molar-refractivity contribution is 0.243. The van der Waals surface area contributed by atoms with Crippen molar-refractivity contribution >= 4 is 10.0 Å². The molecule has 0 aliphatic carbocycles. The molecule has 0 saturated carbocycles. The van der Waals surface area contributed by atoms with E-state index in [1.165, 1.54) is 32.2 Å². The Morgan fingerprint density at radius 1 is 1.20 bits per heavy atom. The fourth-order valence-corrected chi connectivity index (χ4v) is 4.22. The molecule has 118 valence electrons. The van der Waals surface area contributed by atoms with Crippen molar-refractivity contribution in [3.05, 3.63) is 0 Å². The first-order valence-corrected chi connectivity index (χ1v) is 9.71. The van der Waals surface area contributed by atoms with E-state index in [2.05, 4.69) is 17.1 Å². The van der Waals surface area contributed by atoms with Crippen molar-refractivity contribution in [2.75, 3.05) is 45.5 Å². The summed E-state index contributed by atoms with van der Waals surface area (Å²) in [7, 11) is -3.02. The molecule has 2 unspecified atom stereocenters. The van der Waals surface area contributed by atoms with Crippen LogP contribution in [-0.4, -0.2) is 69.2 Å². The van der Waals surface area contributed by atoms with Crippen LogP contribution in [0.3, 0.4) is 0 Å². The maximum absolute atomic E-state index is 11.6. The lowest BCUT2D eigenvalue weighted by atomic mass is 9.99. The summed E-state index contributed by atoms with van der Waals surface area (Å²) in [5, 5.41) is 3.59. The summed E-state index contributed by atoms with van der Waals surface area (Å²) in [6.07, 6.45) is 6.10. The van der Waals surface area contributed by atoms with Gasteiger partial charge >= 0.3 is 0 Å². The van der Waals surface area contributed by atoms with Crippen LogP contribution in [0.1, 0.15) is 32.6 Å². The lowest BCUT2D eigenvalue weighted by Gasteiger charge is -2.32. The average Bonchev–Trinajstić information content (AvgIpc) is 2.88. The highest BCUT2D eigenvalue weighted by molar-refractivity contribution is 7.88. The van der Waals surface area contributed by atoms with Gasteiger partial charge in [0.1, 0.15) is 0 Å². The van der Waals surface area contributed by atoms with Crippen molar-refractivity contribution in [1.29, 1.82) is 0 Å². The zero-order valence-electron chi connectivity index (χ0n) is 12.8. The Kier molecular flexibility index (Phi) is 5.84. The third-order valence-corrected chi connectivity index (χ3v) is 5.71. The molecule has 2 heterocycles. The largest absolute Gasteiger partial charge is 0.313 e. The Hall–Kier alpha value is -0.170. The summed E-state index contributed by atoms with van der Waals surface area (Å²) in [4.78, 5) is 2.52. The molecule has 2 rings (SSSR count). The summed E-state index contributed by atoms with van der Waals surface area (Å²) >= 11 is 0. The van der Waals surface area contributed by atoms with E-state index in [-0.39, 0.29) is 0 Å². The van der Waals surface area contributed by atoms with E-state index < -0.39 is 10.0 Å². The fraction of sp³-hybridized carbons (Fsp3) is 1.00. The predicted octanol–water partition coefficient (Wildman–Crippen LogP) is 0.732. The summed E-state index contributed by atoms with van der Waals surface area (Å²) in [5.74, 6) is 0.458. The van der Waals surface area contributed by atoms with Gasteiger partial charge in [-0.25, -0.2) is 12.7 Å². The molecule has 1 N–H and O–H groups in total. The summed E-state index contributed by atoms with van der Waals surface area (Å²) < 4.78 is 24.8. The molecular weight excluding hydrogens is 274 g/mol. The minimum Gasteiger partial charge on any atom is -0.313 e. The van der Waals surface area contributed by atoms with Gasteiger partial charge in [0.15, 0.2) is 0 Å². The van der Waals surface area contributed by atoms with E-state index in [1.807, 2.05) is 0 Å². The number of hydrogen-bond donors (Lipinski definition) is 1.